The smallest absolute Gasteiger partial charge is 0.330 e. The number of nitrogens with two attached hydrogens (primary N) is 1. The Labute approximate surface area is 191 Å². The fourth-order valence-electron chi connectivity index (χ4n) is 2.33. The van der Waals surface area contributed by atoms with Crippen molar-refractivity contribution in [1.82, 2.24) is 0 Å². The van der Waals surface area contributed by atoms with Crippen LogP contribution in [0.5, 0.6) is 0 Å². The molecule has 0 amide bonds. The van der Waals surface area contributed by atoms with Gasteiger partial charge in [-0.3, -0.25) is 9.59 Å². The van der Waals surface area contributed by atoms with Gasteiger partial charge >= 0.3 is 17.9 Å². The molecule has 0 aliphatic heterocycles. The maximum absolute atomic E-state index is 11.6. The minimum absolute atomic E-state index is 0.0396. The van der Waals surface area contributed by atoms with E-state index >= 15 is 0 Å². The lowest BCUT2D eigenvalue weighted by atomic mass is 10.2. The quantitative estimate of drug-likeness (QED) is 0.179. The van der Waals surface area contributed by atoms with Crippen LogP contribution in [0.2, 0.25) is 0 Å². The first-order valence-corrected chi connectivity index (χ1v) is 11.1. The third-order valence-electron chi connectivity index (χ3n) is 4.07. The fraction of sp³-hybridized carbons (Fsp3) is 0.423. The third kappa shape index (κ3) is 20.3. The molecule has 0 aromatic rings. The van der Waals surface area contributed by atoms with Crippen LogP contribution >= 0.6 is 0 Å². The summed E-state index contributed by atoms with van der Waals surface area (Å²) in [6.07, 6.45) is 29.8. The molecule has 0 saturated heterocycles. The minimum Gasteiger partial charge on any atom is -0.481 e. The molecule has 6 heteroatoms. The number of hydrogen-bond donors (Lipinski definition) is 2. The van der Waals surface area contributed by atoms with Gasteiger partial charge in [0, 0.05) is 6.42 Å². The Morgan fingerprint density at radius 3 is 1.56 bits per heavy atom. The summed E-state index contributed by atoms with van der Waals surface area (Å²) < 4.78 is 4.59. The molecule has 0 aromatic heterocycles. The van der Waals surface area contributed by atoms with Crippen molar-refractivity contribution in [2.75, 3.05) is 0 Å². The predicted octanol–water partition coefficient (Wildman–Crippen LogP) is 5.34. The molecule has 176 valence electrons. The summed E-state index contributed by atoms with van der Waals surface area (Å²) >= 11 is 0. The average Bonchev–Trinajstić information content (AvgIpc) is 2.76. The largest absolute Gasteiger partial charge is 0.481 e. The van der Waals surface area contributed by atoms with Gasteiger partial charge in [-0.15, -0.1) is 0 Å². The number of hydrogen-bond acceptors (Lipinski definition) is 5. The normalized spacial score (nSPS) is 13.4. The van der Waals surface area contributed by atoms with Crippen molar-refractivity contribution in [3.8, 4) is 0 Å². The number of ether oxygens (including phenoxy) is 1. The molecule has 6 nitrogen and oxygen atoms in total. The lowest BCUT2D eigenvalue weighted by molar-refractivity contribution is -0.160. The summed E-state index contributed by atoms with van der Waals surface area (Å²) in [7, 11) is 0. The van der Waals surface area contributed by atoms with E-state index in [0.29, 0.717) is 6.42 Å². The topological polar surface area (TPSA) is 107 Å². The molecule has 1 atom stereocenters. The van der Waals surface area contributed by atoms with Crippen molar-refractivity contribution in [3.63, 3.8) is 0 Å². The molecule has 3 N–H and O–H groups in total. The Hall–Kier alpha value is -2.99. The molecule has 1 unspecified atom stereocenters. The summed E-state index contributed by atoms with van der Waals surface area (Å²) in [4.78, 5) is 33.5. The number of carboxylic acids is 1. The van der Waals surface area contributed by atoms with Gasteiger partial charge in [0.1, 0.15) is 6.04 Å². The summed E-state index contributed by atoms with van der Waals surface area (Å²) in [6.45, 7) is 2.13. The van der Waals surface area contributed by atoms with E-state index in [4.69, 9.17) is 10.8 Å². The zero-order valence-corrected chi connectivity index (χ0v) is 19.0. The monoisotopic (exact) mass is 443 g/mol. The number of carbonyl (C=O) groups excluding carboxylic acids is 2. The van der Waals surface area contributed by atoms with Crippen LogP contribution in [0, 0.1) is 0 Å². The zero-order chi connectivity index (χ0) is 23.9. The maximum Gasteiger partial charge on any atom is 0.330 e. The van der Waals surface area contributed by atoms with Crippen LogP contribution in [0.1, 0.15) is 64.7 Å². The van der Waals surface area contributed by atoms with Crippen molar-refractivity contribution < 1.29 is 24.2 Å². The SMILES string of the molecule is CC/C=C\C/C=C\C/C=C\C/C=C\C/C=C\C/C=C\CC(=O)OC(=O)C(N)CCC(=O)O. The van der Waals surface area contributed by atoms with Gasteiger partial charge in [0.25, 0.3) is 0 Å². The Morgan fingerprint density at radius 2 is 1.16 bits per heavy atom. The van der Waals surface area contributed by atoms with Gasteiger partial charge in [-0.2, -0.15) is 0 Å². The van der Waals surface area contributed by atoms with Crippen LogP contribution in [-0.2, 0) is 19.1 Å². The van der Waals surface area contributed by atoms with Crippen LogP contribution < -0.4 is 5.73 Å². The van der Waals surface area contributed by atoms with Gasteiger partial charge in [0.15, 0.2) is 0 Å². The van der Waals surface area contributed by atoms with E-state index in [1.807, 2.05) is 18.2 Å². The summed E-state index contributed by atoms with van der Waals surface area (Å²) in [5.41, 5.74) is 5.48. The van der Waals surface area contributed by atoms with E-state index in [9.17, 15) is 14.4 Å². The van der Waals surface area contributed by atoms with E-state index in [-0.39, 0.29) is 19.3 Å². The number of allylic oxidation sites excluding steroid dienone is 11. The molecular formula is C26H37NO5. The highest BCUT2D eigenvalue weighted by atomic mass is 16.6. The molecule has 0 aliphatic carbocycles. The second-order valence-electron chi connectivity index (χ2n) is 6.95. The number of carboxylic acid groups (broad SMARTS) is 1. The highest BCUT2D eigenvalue weighted by Crippen LogP contribution is 2.00. The highest BCUT2D eigenvalue weighted by molar-refractivity contribution is 5.89. The molecule has 0 heterocycles. The summed E-state index contributed by atoms with van der Waals surface area (Å²) in [5, 5.41) is 8.55. The Bertz CT molecular complexity index is 714. The zero-order valence-electron chi connectivity index (χ0n) is 19.0. The van der Waals surface area contributed by atoms with Gasteiger partial charge in [0.2, 0.25) is 0 Å². The van der Waals surface area contributed by atoms with E-state index in [1.165, 1.54) is 0 Å². The summed E-state index contributed by atoms with van der Waals surface area (Å²) in [6, 6.07) is -1.11. The van der Waals surface area contributed by atoms with Crippen LogP contribution in [0.3, 0.4) is 0 Å². The van der Waals surface area contributed by atoms with Gasteiger partial charge < -0.3 is 15.6 Å². The lowest BCUT2D eigenvalue weighted by Crippen LogP contribution is -2.34. The molecule has 0 aliphatic rings. The van der Waals surface area contributed by atoms with Crippen molar-refractivity contribution in [3.05, 3.63) is 72.9 Å². The van der Waals surface area contributed by atoms with Crippen molar-refractivity contribution in [2.45, 2.75) is 70.8 Å². The van der Waals surface area contributed by atoms with Gasteiger partial charge in [-0.05, 0) is 44.9 Å². The molecule has 0 rings (SSSR count). The van der Waals surface area contributed by atoms with Crippen molar-refractivity contribution >= 4 is 17.9 Å². The Kier molecular flexibility index (Phi) is 19.3. The van der Waals surface area contributed by atoms with Gasteiger partial charge in [0.05, 0.1) is 6.42 Å². The second-order valence-corrected chi connectivity index (χ2v) is 6.95. The van der Waals surface area contributed by atoms with E-state index in [2.05, 4.69) is 60.3 Å². The summed E-state index contributed by atoms with van der Waals surface area (Å²) in [5.74, 6) is -2.67. The van der Waals surface area contributed by atoms with Crippen molar-refractivity contribution in [2.24, 2.45) is 5.73 Å². The second kappa shape index (κ2) is 21.2. The molecule has 0 radical (unpaired) electrons. The lowest BCUT2D eigenvalue weighted by Gasteiger charge is -2.08. The molecule has 0 aromatic carbocycles. The number of aliphatic carboxylic acids is 1. The van der Waals surface area contributed by atoms with Crippen LogP contribution in [0.4, 0.5) is 0 Å². The third-order valence-corrected chi connectivity index (χ3v) is 4.07. The van der Waals surface area contributed by atoms with Crippen LogP contribution in [-0.4, -0.2) is 29.1 Å². The molecule has 0 spiro atoms. The molecule has 0 saturated carbocycles. The van der Waals surface area contributed by atoms with E-state index < -0.39 is 23.9 Å². The standard InChI is InChI=1S/C26H37NO5/c1-2-3-4-5-6-7-8-9-10-11-12-13-14-15-16-17-18-19-20-25(30)32-26(31)23(27)21-22-24(28)29/h3-4,6-7,9-10,12-13,15-16,18-19,23H,2,5,8,11,14,17,20-22,27H2,1H3,(H,28,29)/b4-3-,7-6-,10-9-,13-12-,16-15-,19-18-. The number of carbonyl (C=O) groups is 3. The van der Waals surface area contributed by atoms with Crippen LogP contribution in [0.25, 0.3) is 0 Å². The molecule has 32 heavy (non-hydrogen) atoms. The molecular weight excluding hydrogens is 406 g/mol. The van der Waals surface area contributed by atoms with Gasteiger partial charge in [-0.1, -0.05) is 79.8 Å². The van der Waals surface area contributed by atoms with Gasteiger partial charge in [-0.25, -0.2) is 4.79 Å². The molecule has 0 fully saturated rings. The average molecular weight is 444 g/mol. The van der Waals surface area contributed by atoms with Crippen molar-refractivity contribution in [1.29, 1.82) is 0 Å². The Morgan fingerprint density at radius 1 is 0.750 bits per heavy atom. The number of rotatable bonds is 17. The van der Waals surface area contributed by atoms with E-state index in [0.717, 1.165) is 32.1 Å². The first-order chi connectivity index (χ1) is 15.5. The highest BCUT2D eigenvalue weighted by Gasteiger charge is 2.19. The maximum atomic E-state index is 11.6. The molecule has 0 bridgehead atoms. The van der Waals surface area contributed by atoms with E-state index in [1.54, 1.807) is 6.08 Å². The first kappa shape index (κ1) is 29.0. The minimum atomic E-state index is -1.11. The fourth-order valence-corrected chi connectivity index (χ4v) is 2.33. The first-order valence-electron chi connectivity index (χ1n) is 11.1. The van der Waals surface area contributed by atoms with Crippen LogP contribution in [0.15, 0.2) is 72.9 Å². The Balaban J connectivity index is 3.80. The number of esters is 2. The predicted molar refractivity (Wildman–Crippen MR) is 129 cm³/mol.